The topological polar surface area (TPSA) is 77.7 Å². The molecule has 1 aliphatic rings. The van der Waals surface area contributed by atoms with E-state index in [1.54, 1.807) is 0 Å². The molecular formula is C25H39F2N3O2. The number of benzene rings is 1. The van der Waals surface area contributed by atoms with Crippen molar-refractivity contribution < 1.29 is 18.6 Å². The van der Waals surface area contributed by atoms with E-state index in [9.17, 15) is 8.78 Å². The van der Waals surface area contributed by atoms with E-state index < -0.39 is 17.7 Å². The van der Waals surface area contributed by atoms with Crippen molar-refractivity contribution in [1.29, 1.82) is 5.41 Å². The number of nitrogens with zero attached hydrogens (tertiary/aromatic N) is 1. The molecule has 1 fully saturated rings. The van der Waals surface area contributed by atoms with Gasteiger partial charge in [-0.25, -0.2) is 8.78 Å². The number of rotatable bonds is 12. The largest absolute Gasteiger partial charge is 0.394 e. The van der Waals surface area contributed by atoms with Crippen LogP contribution in [-0.2, 0) is 4.74 Å². The molecule has 0 radical (unpaired) electrons. The van der Waals surface area contributed by atoms with Gasteiger partial charge in [-0.05, 0) is 61.8 Å². The normalized spacial score (nSPS) is 24.7. The molecule has 6 unspecified atom stereocenters. The van der Waals surface area contributed by atoms with Gasteiger partial charge in [0, 0.05) is 29.4 Å². The van der Waals surface area contributed by atoms with Crippen molar-refractivity contribution in [1.82, 2.24) is 5.32 Å². The monoisotopic (exact) mass is 451 g/mol. The second kappa shape index (κ2) is 13.1. The van der Waals surface area contributed by atoms with Crippen LogP contribution in [-0.4, -0.2) is 49.4 Å². The number of hydrogen-bond donors (Lipinski definition) is 3. The van der Waals surface area contributed by atoms with E-state index in [2.05, 4.69) is 24.2 Å². The maximum Gasteiger partial charge on any atom is 0.129 e. The van der Waals surface area contributed by atoms with Crippen LogP contribution in [0.4, 0.5) is 8.78 Å². The molecule has 180 valence electrons. The smallest absolute Gasteiger partial charge is 0.129 e. The molecule has 1 saturated heterocycles. The number of ether oxygens (including phenoxy) is 1. The zero-order valence-corrected chi connectivity index (χ0v) is 19.8. The van der Waals surface area contributed by atoms with E-state index in [1.165, 1.54) is 12.3 Å². The lowest BCUT2D eigenvalue weighted by molar-refractivity contribution is -0.0615. The van der Waals surface area contributed by atoms with E-state index in [1.807, 2.05) is 13.8 Å². The van der Waals surface area contributed by atoms with Crippen molar-refractivity contribution in [3.05, 3.63) is 35.4 Å². The number of halogens is 2. The second-order valence-corrected chi connectivity index (χ2v) is 8.88. The number of aliphatic imine (C=N–C) groups is 1. The first kappa shape index (κ1) is 26.6. The molecule has 3 N–H and O–H groups in total. The second-order valence-electron chi connectivity index (χ2n) is 8.88. The van der Waals surface area contributed by atoms with Crippen molar-refractivity contribution in [2.24, 2.45) is 28.7 Å². The Labute approximate surface area is 191 Å². The maximum absolute atomic E-state index is 14.4. The number of likely N-dealkylation sites (N-methyl/N-ethyl adjacent to an activating group) is 1. The third-order valence-corrected chi connectivity index (χ3v) is 6.82. The fourth-order valence-corrected chi connectivity index (χ4v) is 4.78. The lowest BCUT2D eigenvalue weighted by atomic mass is 9.74. The lowest BCUT2D eigenvalue weighted by Gasteiger charge is -2.41. The van der Waals surface area contributed by atoms with Crippen molar-refractivity contribution in [3.63, 3.8) is 0 Å². The summed E-state index contributed by atoms with van der Waals surface area (Å²) in [7, 11) is 0. The molecule has 0 aromatic heterocycles. The molecule has 5 nitrogen and oxygen atoms in total. The Morgan fingerprint density at radius 2 is 2.09 bits per heavy atom. The Balaban J connectivity index is 2.10. The Morgan fingerprint density at radius 3 is 2.72 bits per heavy atom. The summed E-state index contributed by atoms with van der Waals surface area (Å²) < 4.78 is 34.3. The van der Waals surface area contributed by atoms with Gasteiger partial charge in [0.25, 0.3) is 0 Å². The zero-order valence-electron chi connectivity index (χ0n) is 19.8. The lowest BCUT2D eigenvalue weighted by Crippen LogP contribution is -2.45. The quantitative estimate of drug-likeness (QED) is 0.400. The highest BCUT2D eigenvalue weighted by atomic mass is 19.1. The summed E-state index contributed by atoms with van der Waals surface area (Å²) >= 11 is 0. The number of hydrogen-bond acceptors (Lipinski definition) is 5. The van der Waals surface area contributed by atoms with Gasteiger partial charge in [-0.15, -0.1) is 0 Å². The van der Waals surface area contributed by atoms with Crippen LogP contribution in [0.5, 0.6) is 0 Å². The van der Waals surface area contributed by atoms with Gasteiger partial charge in [-0.3, -0.25) is 4.99 Å². The van der Waals surface area contributed by atoms with Crippen molar-refractivity contribution in [3.8, 4) is 0 Å². The fraction of sp³-hybridized carbons (Fsp3) is 0.680. The minimum atomic E-state index is -0.518. The third kappa shape index (κ3) is 6.90. The van der Waals surface area contributed by atoms with Gasteiger partial charge in [0.1, 0.15) is 17.7 Å². The van der Waals surface area contributed by atoms with E-state index in [4.69, 9.17) is 15.3 Å². The average molecular weight is 452 g/mol. The van der Waals surface area contributed by atoms with Gasteiger partial charge < -0.3 is 20.6 Å². The molecule has 0 spiro atoms. The number of aliphatic hydroxyl groups is 1. The summed E-state index contributed by atoms with van der Waals surface area (Å²) in [5, 5.41) is 20.4. The van der Waals surface area contributed by atoms with E-state index in [0.29, 0.717) is 25.0 Å². The highest BCUT2D eigenvalue weighted by molar-refractivity contribution is 5.97. The zero-order chi connectivity index (χ0) is 23.7. The van der Waals surface area contributed by atoms with Gasteiger partial charge >= 0.3 is 0 Å². The summed E-state index contributed by atoms with van der Waals surface area (Å²) in [6.07, 6.45) is 3.33. The summed E-state index contributed by atoms with van der Waals surface area (Å²) in [5.41, 5.74) is 1.23. The molecule has 0 bridgehead atoms. The first-order chi connectivity index (χ1) is 15.4. The van der Waals surface area contributed by atoms with Crippen LogP contribution in [0.25, 0.3) is 0 Å². The summed E-state index contributed by atoms with van der Waals surface area (Å²) in [5.74, 6) is -0.0162. The molecule has 7 heteroatoms. The van der Waals surface area contributed by atoms with Crippen LogP contribution in [0.2, 0.25) is 0 Å². The summed E-state index contributed by atoms with van der Waals surface area (Å²) in [4.78, 5) is 4.47. The van der Waals surface area contributed by atoms with Gasteiger partial charge in [0.15, 0.2) is 0 Å². The van der Waals surface area contributed by atoms with Crippen LogP contribution in [0.3, 0.4) is 0 Å². The molecule has 6 atom stereocenters. The van der Waals surface area contributed by atoms with E-state index >= 15 is 0 Å². The molecular weight excluding hydrogens is 412 g/mol. The predicted molar refractivity (Wildman–Crippen MR) is 126 cm³/mol. The Morgan fingerprint density at radius 1 is 1.34 bits per heavy atom. The average Bonchev–Trinajstić information content (AvgIpc) is 2.79. The summed E-state index contributed by atoms with van der Waals surface area (Å²) in [6.45, 7) is 10.0. The molecule has 0 amide bonds. The Hall–Kier alpha value is -1.70. The fourth-order valence-electron chi connectivity index (χ4n) is 4.78. The van der Waals surface area contributed by atoms with Gasteiger partial charge in [0.2, 0.25) is 0 Å². The van der Waals surface area contributed by atoms with Crippen LogP contribution in [0.15, 0.2) is 23.2 Å². The molecule has 32 heavy (non-hydrogen) atoms. The standard InChI is InChI=1S/C25H39F2N3O2/c1-5-23(30-9-10-31)18(14-28)11-16(3)17(4)19-12-24(29-6-2)25(32-15-19)21-13-20(26)7-8-22(21)27/h7-8,13-14,16-19,24-25,28-29,31H,5-6,9-12,15H2,1-4H3. The summed E-state index contributed by atoms with van der Waals surface area (Å²) in [6, 6.07) is 3.43. The SMILES string of the molecule is CCNC1CC(C(C)C(C)CC(C=N)C(CC)=NCCO)COC1c1cc(F)ccc1F. The molecule has 0 saturated carbocycles. The Bertz CT molecular complexity index is 759. The van der Waals surface area contributed by atoms with Crippen molar-refractivity contribution in [2.75, 3.05) is 26.3 Å². The minimum absolute atomic E-state index is 0.0124. The Kier molecular flexibility index (Phi) is 10.9. The van der Waals surface area contributed by atoms with Gasteiger partial charge in [-0.1, -0.05) is 27.7 Å². The third-order valence-electron chi connectivity index (χ3n) is 6.82. The van der Waals surface area contributed by atoms with Gasteiger partial charge in [-0.2, -0.15) is 0 Å². The maximum atomic E-state index is 14.4. The highest BCUT2D eigenvalue weighted by Gasteiger charge is 2.37. The van der Waals surface area contributed by atoms with Crippen LogP contribution in [0.1, 0.15) is 58.6 Å². The molecule has 1 heterocycles. The van der Waals surface area contributed by atoms with E-state index in [0.717, 1.165) is 43.7 Å². The minimum Gasteiger partial charge on any atom is -0.394 e. The van der Waals surface area contributed by atoms with E-state index in [-0.39, 0.29) is 30.0 Å². The van der Waals surface area contributed by atoms with Crippen LogP contribution >= 0.6 is 0 Å². The molecule has 1 aromatic carbocycles. The van der Waals surface area contributed by atoms with Crippen LogP contribution in [0, 0.1) is 40.7 Å². The first-order valence-corrected chi connectivity index (χ1v) is 11.8. The number of nitrogens with one attached hydrogen (secondary N) is 2. The van der Waals surface area contributed by atoms with Gasteiger partial charge in [0.05, 0.1) is 19.8 Å². The van der Waals surface area contributed by atoms with Crippen LogP contribution < -0.4 is 5.32 Å². The first-order valence-electron chi connectivity index (χ1n) is 11.8. The molecule has 2 rings (SSSR count). The molecule has 0 aliphatic carbocycles. The highest BCUT2D eigenvalue weighted by Crippen LogP contribution is 2.38. The predicted octanol–water partition coefficient (Wildman–Crippen LogP) is 4.79. The molecule has 1 aliphatic heterocycles. The number of aliphatic hydroxyl groups excluding tert-OH is 1. The molecule has 1 aromatic rings. The van der Waals surface area contributed by atoms with Crippen molar-refractivity contribution in [2.45, 2.75) is 59.1 Å². The van der Waals surface area contributed by atoms with Crippen molar-refractivity contribution >= 4 is 11.9 Å².